The van der Waals surface area contributed by atoms with Gasteiger partial charge in [0.05, 0.1) is 12.1 Å². The predicted molar refractivity (Wildman–Crippen MR) is 95.4 cm³/mol. The van der Waals surface area contributed by atoms with Gasteiger partial charge in [-0.05, 0) is 29.3 Å². The summed E-state index contributed by atoms with van der Waals surface area (Å²) in [4.78, 5) is 16.4. The summed E-state index contributed by atoms with van der Waals surface area (Å²) < 4.78 is 32.2. The SMILES string of the molecule is COc1ccc(CNC(=O)c2csc(Cc3ccccc3F)n2)cc1F. The van der Waals surface area contributed by atoms with Gasteiger partial charge in [0.15, 0.2) is 11.6 Å². The zero-order chi connectivity index (χ0) is 18.5. The molecule has 0 aliphatic carbocycles. The fraction of sp³-hybridized carbons (Fsp3) is 0.158. The van der Waals surface area contributed by atoms with Crippen LogP contribution in [0.5, 0.6) is 5.75 Å². The van der Waals surface area contributed by atoms with Gasteiger partial charge in [0, 0.05) is 18.3 Å². The number of hydrogen-bond donors (Lipinski definition) is 1. The molecule has 0 saturated heterocycles. The van der Waals surface area contributed by atoms with Gasteiger partial charge < -0.3 is 10.1 Å². The van der Waals surface area contributed by atoms with Crippen molar-refractivity contribution in [2.75, 3.05) is 7.11 Å². The van der Waals surface area contributed by atoms with Crippen molar-refractivity contribution < 1.29 is 18.3 Å². The Morgan fingerprint density at radius 2 is 2.00 bits per heavy atom. The molecule has 0 unspecified atom stereocenters. The summed E-state index contributed by atoms with van der Waals surface area (Å²) in [6.07, 6.45) is 0.328. The number of carbonyl (C=O) groups excluding carboxylic acids is 1. The molecule has 26 heavy (non-hydrogen) atoms. The lowest BCUT2D eigenvalue weighted by atomic mass is 10.1. The Morgan fingerprint density at radius 1 is 1.19 bits per heavy atom. The van der Waals surface area contributed by atoms with Gasteiger partial charge >= 0.3 is 0 Å². The maximum atomic E-state index is 13.7. The molecule has 7 heteroatoms. The maximum absolute atomic E-state index is 13.7. The Bertz CT molecular complexity index is 927. The normalized spacial score (nSPS) is 10.6. The average molecular weight is 374 g/mol. The lowest BCUT2D eigenvalue weighted by Crippen LogP contribution is -2.23. The summed E-state index contributed by atoms with van der Waals surface area (Å²) in [5, 5.41) is 4.97. The second-order valence-corrected chi connectivity index (χ2v) is 6.49. The summed E-state index contributed by atoms with van der Waals surface area (Å²) in [5.74, 6) is -0.995. The average Bonchev–Trinajstić information content (AvgIpc) is 3.10. The molecular formula is C19H16F2N2O2S. The van der Waals surface area contributed by atoms with Crippen LogP contribution in [0.1, 0.15) is 26.6 Å². The Balaban J connectivity index is 1.61. The molecule has 1 aromatic heterocycles. The molecule has 0 atom stereocenters. The number of methoxy groups -OCH3 is 1. The first-order chi connectivity index (χ1) is 12.6. The fourth-order valence-electron chi connectivity index (χ4n) is 2.39. The maximum Gasteiger partial charge on any atom is 0.271 e. The van der Waals surface area contributed by atoms with Crippen molar-refractivity contribution in [3.05, 3.63) is 81.3 Å². The number of thiazole rings is 1. The molecule has 0 fully saturated rings. The van der Waals surface area contributed by atoms with Crippen molar-refractivity contribution >= 4 is 17.2 Å². The van der Waals surface area contributed by atoms with Crippen molar-refractivity contribution in [1.29, 1.82) is 0 Å². The van der Waals surface area contributed by atoms with Gasteiger partial charge in [0.2, 0.25) is 0 Å². The molecule has 2 aromatic carbocycles. The van der Waals surface area contributed by atoms with Crippen molar-refractivity contribution in [3.63, 3.8) is 0 Å². The molecule has 0 radical (unpaired) electrons. The molecule has 0 spiro atoms. The quantitative estimate of drug-likeness (QED) is 0.711. The second-order valence-electron chi connectivity index (χ2n) is 5.55. The van der Waals surface area contributed by atoms with E-state index >= 15 is 0 Å². The van der Waals surface area contributed by atoms with Gasteiger partial charge in [0.25, 0.3) is 5.91 Å². The number of halogens is 2. The zero-order valence-electron chi connectivity index (χ0n) is 14.0. The monoisotopic (exact) mass is 374 g/mol. The lowest BCUT2D eigenvalue weighted by Gasteiger charge is -2.06. The predicted octanol–water partition coefficient (Wildman–Crippen LogP) is 3.95. The number of carbonyl (C=O) groups is 1. The molecule has 0 aliphatic rings. The van der Waals surface area contributed by atoms with Gasteiger partial charge in [-0.25, -0.2) is 13.8 Å². The van der Waals surface area contributed by atoms with Crippen LogP contribution in [0.15, 0.2) is 47.8 Å². The number of amides is 1. The number of benzene rings is 2. The summed E-state index contributed by atoms with van der Waals surface area (Å²) in [5.41, 5.74) is 1.40. The molecule has 1 amide bonds. The highest BCUT2D eigenvalue weighted by atomic mass is 32.1. The number of ether oxygens (including phenoxy) is 1. The van der Waals surface area contributed by atoms with Crippen LogP contribution in [0.25, 0.3) is 0 Å². The van der Waals surface area contributed by atoms with Crippen LogP contribution in [-0.4, -0.2) is 18.0 Å². The number of aromatic nitrogens is 1. The number of nitrogens with zero attached hydrogens (tertiary/aromatic N) is 1. The van der Waals surface area contributed by atoms with Crippen molar-refractivity contribution in [1.82, 2.24) is 10.3 Å². The number of hydrogen-bond acceptors (Lipinski definition) is 4. The van der Waals surface area contributed by atoms with Crippen molar-refractivity contribution in [2.45, 2.75) is 13.0 Å². The summed E-state index contributed by atoms with van der Waals surface area (Å²) in [7, 11) is 1.39. The minimum atomic E-state index is -0.486. The lowest BCUT2D eigenvalue weighted by molar-refractivity contribution is 0.0946. The van der Waals surface area contributed by atoms with Crippen LogP contribution in [0, 0.1) is 11.6 Å². The summed E-state index contributed by atoms with van der Waals surface area (Å²) >= 11 is 1.30. The van der Waals surface area contributed by atoms with E-state index in [1.807, 2.05) is 0 Å². The largest absolute Gasteiger partial charge is 0.494 e. The van der Waals surface area contributed by atoms with Gasteiger partial charge in [-0.1, -0.05) is 24.3 Å². The van der Waals surface area contributed by atoms with E-state index in [1.165, 1.54) is 36.6 Å². The first kappa shape index (κ1) is 18.0. The van der Waals surface area contributed by atoms with Crippen LogP contribution in [0.3, 0.4) is 0 Å². The van der Waals surface area contributed by atoms with Crippen LogP contribution in [-0.2, 0) is 13.0 Å². The molecular weight excluding hydrogens is 358 g/mol. The topological polar surface area (TPSA) is 51.2 Å². The van der Waals surface area contributed by atoms with Gasteiger partial charge in [-0.2, -0.15) is 0 Å². The van der Waals surface area contributed by atoms with Gasteiger partial charge in [-0.3, -0.25) is 4.79 Å². The molecule has 1 N–H and O–H groups in total. The van der Waals surface area contributed by atoms with E-state index in [0.29, 0.717) is 22.6 Å². The fourth-order valence-corrected chi connectivity index (χ4v) is 3.19. The van der Waals surface area contributed by atoms with E-state index in [4.69, 9.17) is 4.74 Å². The van der Waals surface area contributed by atoms with E-state index in [2.05, 4.69) is 10.3 Å². The standard InChI is InChI=1S/C19H16F2N2O2S/c1-25-17-7-6-12(8-15(17)21)10-22-19(24)16-11-26-18(23-16)9-13-4-2-3-5-14(13)20/h2-8,11H,9-10H2,1H3,(H,22,24). The molecule has 3 rings (SSSR count). The third-order valence-electron chi connectivity index (χ3n) is 3.75. The first-order valence-electron chi connectivity index (χ1n) is 7.85. The van der Waals surface area contributed by atoms with E-state index in [-0.39, 0.29) is 29.7 Å². The third kappa shape index (κ3) is 4.23. The van der Waals surface area contributed by atoms with E-state index < -0.39 is 5.82 Å². The molecule has 4 nitrogen and oxygen atoms in total. The summed E-state index contributed by atoms with van der Waals surface area (Å²) in [6.45, 7) is 0.167. The molecule has 3 aromatic rings. The highest BCUT2D eigenvalue weighted by Crippen LogP contribution is 2.19. The number of rotatable bonds is 6. The highest BCUT2D eigenvalue weighted by Gasteiger charge is 2.12. The van der Waals surface area contributed by atoms with Crippen LogP contribution in [0.2, 0.25) is 0 Å². The minimum absolute atomic E-state index is 0.150. The Morgan fingerprint density at radius 3 is 2.73 bits per heavy atom. The van der Waals surface area contributed by atoms with Gasteiger partial charge in [-0.15, -0.1) is 11.3 Å². The molecule has 0 aliphatic heterocycles. The highest BCUT2D eigenvalue weighted by molar-refractivity contribution is 7.09. The Hall–Kier alpha value is -2.80. The molecule has 134 valence electrons. The second kappa shape index (κ2) is 8.05. The van der Waals surface area contributed by atoms with Gasteiger partial charge in [0.1, 0.15) is 11.5 Å². The molecule has 0 bridgehead atoms. The van der Waals surface area contributed by atoms with E-state index in [1.54, 1.807) is 29.6 Å². The van der Waals surface area contributed by atoms with Crippen molar-refractivity contribution in [3.8, 4) is 5.75 Å². The smallest absolute Gasteiger partial charge is 0.271 e. The first-order valence-corrected chi connectivity index (χ1v) is 8.73. The summed E-state index contributed by atoms with van der Waals surface area (Å²) in [6, 6.07) is 11.0. The van der Waals surface area contributed by atoms with E-state index in [0.717, 1.165) is 0 Å². The minimum Gasteiger partial charge on any atom is -0.494 e. The van der Waals surface area contributed by atoms with Crippen LogP contribution < -0.4 is 10.1 Å². The van der Waals surface area contributed by atoms with Crippen molar-refractivity contribution in [2.24, 2.45) is 0 Å². The van der Waals surface area contributed by atoms with Crippen LogP contribution in [0.4, 0.5) is 8.78 Å². The third-order valence-corrected chi connectivity index (χ3v) is 4.60. The Labute approximate surface area is 153 Å². The van der Waals surface area contributed by atoms with Crippen LogP contribution >= 0.6 is 11.3 Å². The molecule has 1 heterocycles. The van der Waals surface area contributed by atoms with E-state index in [9.17, 15) is 13.6 Å². The Kier molecular flexibility index (Phi) is 5.58. The number of nitrogens with one attached hydrogen (secondary N) is 1. The zero-order valence-corrected chi connectivity index (χ0v) is 14.8. The molecule has 0 saturated carbocycles.